The van der Waals surface area contributed by atoms with Crippen molar-refractivity contribution in [3.63, 3.8) is 0 Å². The molecule has 3 nitrogen and oxygen atoms in total. The van der Waals surface area contributed by atoms with Crippen LogP contribution in [0.5, 0.6) is 0 Å². The third-order valence-corrected chi connectivity index (χ3v) is 4.43. The summed E-state index contributed by atoms with van der Waals surface area (Å²) in [6, 6.07) is 5.55. The summed E-state index contributed by atoms with van der Waals surface area (Å²) in [5, 5.41) is 7.02. The van der Waals surface area contributed by atoms with Crippen LogP contribution in [-0.2, 0) is 6.54 Å². The van der Waals surface area contributed by atoms with Gasteiger partial charge >= 0.3 is 6.03 Å². The van der Waals surface area contributed by atoms with Crippen molar-refractivity contribution < 1.29 is 4.79 Å². The second kappa shape index (κ2) is 5.22. The number of rotatable bonds is 4. The summed E-state index contributed by atoms with van der Waals surface area (Å²) in [6.45, 7) is 0.419. The Morgan fingerprint density at radius 2 is 2.11 bits per heavy atom. The van der Waals surface area contributed by atoms with Crippen molar-refractivity contribution in [2.24, 2.45) is 11.8 Å². The predicted molar refractivity (Wildman–Crippen MR) is 76.5 cm³/mol. The number of hydrogen-bond acceptors (Lipinski definition) is 1. The van der Waals surface area contributed by atoms with Crippen LogP contribution in [0.3, 0.4) is 0 Å². The molecule has 2 aliphatic carbocycles. The van der Waals surface area contributed by atoms with Crippen LogP contribution in [0.4, 0.5) is 4.79 Å². The van der Waals surface area contributed by atoms with Crippen LogP contribution in [-0.4, -0.2) is 12.1 Å². The summed E-state index contributed by atoms with van der Waals surface area (Å²) in [4.78, 5) is 11.7. The molecule has 2 N–H and O–H groups in total. The highest BCUT2D eigenvalue weighted by Crippen LogP contribution is 2.49. The Hall–Kier alpha value is -0.930. The first-order chi connectivity index (χ1) is 9.13. The summed E-state index contributed by atoms with van der Waals surface area (Å²) in [5.41, 5.74) is 0.871. The zero-order valence-corrected chi connectivity index (χ0v) is 12.0. The first kappa shape index (κ1) is 13.1. The van der Waals surface area contributed by atoms with E-state index in [1.54, 1.807) is 12.1 Å². The van der Waals surface area contributed by atoms with Crippen LogP contribution in [0.1, 0.15) is 24.8 Å². The van der Waals surface area contributed by atoms with Crippen molar-refractivity contribution in [3.8, 4) is 0 Å². The fourth-order valence-corrected chi connectivity index (χ4v) is 2.96. The Kier molecular flexibility index (Phi) is 3.59. The molecule has 0 aliphatic heterocycles. The minimum Gasteiger partial charge on any atom is -0.335 e. The summed E-state index contributed by atoms with van der Waals surface area (Å²) in [5.74, 6) is 1.60. The molecule has 0 spiro atoms. The van der Waals surface area contributed by atoms with Gasteiger partial charge in [0.1, 0.15) is 0 Å². The van der Waals surface area contributed by atoms with E-state index in [0.717, 1.165) is 23.8 Å². The number of benzene rings is 1. The second-order valence-electron chi connectivity index (χ2n) is 5.41. The Bertz CT molecular complexity index is 502. The summed E-state index contributed by atoms with van der Waals surface area (Å²) in [7, 11) is 0. The van der Waals surface area contributed by atoms with Gasteiger partial charge < -0.3 is 10.6 Å². The molecule has 0 unspecified atom stereocenters. The standard InChI is InChI=1S/C14H16Cl2N2O/c15-10-4-3-9(12(16)5-10)7-17-14(19)18-13-6-11(13)8-1-2-8/h3-5,8,11,13H,1-2,6-7H2,(H2,17,18,19)/t11-,13+/m0/s1. The van der Waals surface area contributed by atoms with Gasteiger partial charge in [-0.05, 0) is 48.8 Å². The molecule has 0 bridgehead atoms. The maximum atomic E-state index is 11.7. The van der Waals surface area contributed by atoms with Crippen LogP contribution >= 0.6 is 23.2 Å². The summed E-state index contributed by atoms with van der Waals surface area (Å²) >= 11 is 11.9. The van der Waals surface area contributed by atoms with Crippen molar-refractivity contribution in [2.75, 3.05) is 0 Å². The number of carbonyl (C=O) groups excluding carboxylic acids is 1. The molecule has 19 heavy (non-hydrogen) atoms. The fraction of sp³-hybridized carbons (Fsp3) is 0.500. The van der Waals surface area contributed by atoms with E-state index in [1.165, 1.54) is 12.8 Å². The zero-order chi connectivity index (χ0) is 13.4. The Balaban J connectivity index is 1.45. The van der Waals surface area contributed by atoms with Crippen molar-refractivity contribution >= 4 is 29.2 Å². The van der Waals surface area contributed by atoms with E-state index < -0.39 is 0 Å². The van der Waals surface area contributed by atoms with Crippen LogP contribution in [0.15, 0.2) is 18.2 Å². The number of hydrogen-bond donors (Lipinski definition) is 2. The Morgan fingerprint density at radius 3 is 2.79 bits per heavy atom. The van der Waals surface area contributed by atoms with Gasteiger partial charge in [-0.3, -0.25) is 0 Å². The molecule has 5 heteroatoms. The second-order valence-corrected chi connectivity index (χ2v) is 6.25. The van der Waals surface area contributed by atoms with E-state index >= 15 is 0 Å². The topological polar surface area (TPSA) is 41.1 Å². The Labute approximate surface area is 122 Å². The van der Waals surface area contributed by atoms with Gasteiger partial charge in [0.15, 0.2) is 0 Å². The highest BCUT2D eigenvalue weighted by molar-refractivity contribution is 6.35. The normalized spacial score (nSPS) is 24.9. The van der Waals surface area contributed by atoms with E-state index in [4.69, 9.17) is 23.2 Å². The molecular formula is C14H16Cl2N2O. The lowest BCUT2D eigenvalue weighted by atomic mass is 10.2. The van der Waals surface area contributed by atoms with Crippen molar-refractivity contribution in [1.29, 1.82) is 0 Å². The molecule has 0 radical (unpaired) electrons. The highest BCUT2D eigenvalue weighted by atomic mass is 35.5. The largest absolute Gasteiger partial charge is 0.335 e. The van der Waals surface area contributed by atoms with E-state index in [9.17, 15) is 4.79 Å². The van der Waals surface area contributed by atoms with E-state index in [0.29, 0.717) is 22.6 Å². The van der Waals surface area contributed by atoms with Gasteiger partial charge in [0.2, 0.25) is 0 Å². The van der Waals surface area contributed by atoms with Crippen LogP contribution in [0, 0.1) is 11.8 Å². The van der Waals surface area contributed by atoms with Gasteiger partial charge in [-0.25, -0.2) is 4.79 Å². The average Bonchev–Trinajstić information content (AvgIpc) is 3.21. The lowest BCUT2D eigenvalue weighted by Crippen LogP contribution is -2.37. The SMILES string of the molecule is O=C(NCc1ccc(Cl)cc1Cl)N[C@@H]1C[C@H]1C1CC1. The van der Waals surface area contributed by atoms with Gasteiger partial charge in [-0.2, -0.15) is 0 Å². The van der Waals surface area contributed by atoms with Gasteiger partial charge in [-0.15, -0.1) is 0 Å². The molecule has 3 rings (SSSR count). The van der Waals surface area contributed by atoms with Gasteiger partial charge in [0.25, 0.3) is 0 Å². The van der Waals surface area contributed by atoms with Gasteiger partial charge in [0, 0.05) is 22.6 Å². The maximum Gasteiger partial charge on any atom is 0.315 e. The first-order valence-electron chi connectivity index (χ1n) is 6.62. The van der Waals surface area contributed by atoms with Gasteiger partial charge in [-0.1, -0.05) is 29.3 Å². The van der Waals surface area contributed by atoms with Crippen molar-refractivity contribution in [3.05, 3.63) is 33.8 Å². The molecule has 0 aromatic heterocycles. The van der Waals surface area contributed by atoms with E-state index in [1.807, 2.05) is 6.07 Å². The number of urea groups is 1. The van der Waals surface area contributed by atoms with Crippen LogP contribution < -0.4 is 10.6 Å². The van der Waals surface area contributed by atoms with Crippen LogP contribution in [0.25, 0.3) is 0 Å². The molecule has 2 saturated carbocycles. The molecule has 2 atom stereocenters. The lowest BCUT2D eigenvalue weighted by Gasteiger charge is -2.08. The van der Waals surface area contributed by atoms with Gasteiger partial charge in [0.05, 0.1) is 0 Å². The molecule has 102 valence electrons. The highest BCUT2D eigenvalue weighted by Gasteiger charge is 2.48. The molecule has 1 aromatic rings. The maximum absolute atomic E-state index is 11.7. The minimum absolute atomic E-state index is 0.112. The fourth-order valence-electron chi connectivity index (χ4n) is 2.49. The molecule has 2 fully saturated rings. The first-order valence-corrected chi connectivity index (χ1v) is 7.37. The van der Waals surface area contributed by atoms with Crippen molar-refractivity contribution in [2.45, 2.75) is 31.8 Å². The smallest absolute Gasteiger partial charge is 0.315 e. The zero-order valence-electron chi connectivity index (χ0n) is 10.5. The minimum atomic E-state index is -0.112. The number of halogens is 2. The lowest BCUT2D eigenvalue weighted by molar-refractivity contribution is 0.239. The molecule has 2 amide bonds. The number of amides is 2. The van der Waals surface area contributed by atoms with E-state index in [2.05, 4.69) is 10.6 Å². The third-order valence-electron chi connectivity index (χ3n) is 3.84. The molecule has 2 aliphatic rings. The summed E-state index contributed by atoms with van der Waals surface area (Å²) < 4.78 is 0. The number of nitrogens with one attached hydrogen (secondary N) is 2. The quantitative estimate of drug-likeness (QED) is 0.876. The van der Waals surface area contributed by atoms with Crippen molar-refractivity contribution in [1.82, 2.24) is 10.6 Å². The monoisotopic (exact) mass is 298 g/mol. The molecular weight excluding hydrogens is 283 g/mol. The average molecular weight is 299 g/mol. The predicted octanol–water partition coefficient (Wildman–Crippen LogP) is 3.59. The van der Waals surface area contributed by atoms with E-state index in [-0.39, 0.29) is 6.03 Å². The number of carbonyl (C=O) groups is 1. The molecule has 0 saturated heterocycles. The molecule has 0 heterocycles. The Morgan fingerprint density at radius 1 is 1.32 bits per heavy atom. The third kappa shape index (κ3) is 3.34. The van der Waals surface area contributed by atoms with Crippen LogP contribution in [0.2, 0.25) is 10.0 Å². The summed E-state index contributed by atoms with van der Waals surface area (Å²) in [6.07, 6.45) is 3.81. The molecule has 1 aromatic carbocycles.